The monoisotopic (exact) mass is 346 g/mol. The van der Waals surface area contributed by atoms with Crippen LogP contribution in [0.2, 0.25) is 0 Å². The Balaban J connectivity index is 2.10. The van der Waals surface area contributed by atoms with Gasteiger partial charge in [-0.1, -0.05) is 0 Å². The number of urea groups is 1. The van der Waals surface area contributed by atoms with E-state index in [0.717, 1.165) is 33.0 Å². The lowest BCUT2D eigenvalue weighted by Gasteiger charge is -2.11. The highest BCUT2D eigenvalue weighted by Gasteiger charge is 2.23. The summed E-state index contributed by atoms with van der Waals surface area (Å²) in [6.07, 6.45) is 2.17. The fourth-order valence-electron chi connectivity index (χ4n) is 1.38. The Kier molecular flexibility index (Phi) is 3.54. The second kappa shape index (κ2) is 4.75. The molecule has 1 aliphatic carbocycles. The molecule has 0 radical (unpaired) electrons. The van der Waals surface area contributed by atoms with Crippen molar-refractivity contribution in [1.82, 2.24) is 5.32 Å². The van der Waals surface area contributed by atoms with E-state index in [1.165, 1.54) is 0 Å². The number of hydrogen-bond acceptors (Lipinski definition) is 1. The molecule has 0 aromatic heterocycles. The van der Waals surface area contributed by atoms with Gasteiger partial charge in [-0.2, -0.15) is 0 Å². The average molecular weight is 348 g/mol. The topological polar surface area (TPSA) is 41.1 Å². The normalized spacial score (nSPS) is 14.7. The highest BCUT2D eigenvalue weighted by atomic mass is 79.9. The first-order chi connectivity index (χ1) is 7.56. The predicted molar refractivity (Wildman–Crippen MR) is 71.8 cm³/mol. The number of anilines is 1. The molecule has 16 heavy (non-hydrogen) atoms. The van der Waals surface area contributed by atoms with Gasteiger partial charge in [-0.3, -0.25) is 0 Å². The van der Waals surface area contributed by atoms with Crippen molar-refractivity contribution in [2.75, 3.05) is 5.32 Å². The summed E-state index contributed by atoms with van der Waals surface area (Å²) in [5.41, 5.74) is 1.90. The summed E-state index contributed by atoms with van der Waals surface area (Å²) in [5.74, 6) is 0. The molecule has 0 spiro atoms. The molecule has 2 N–H and O–H groups in total. The lowest BCUT2D eigenvalue weighted by atomic mass is 10.2. The van der Waals surface area contributed by atoms with E-state index >= 15 is 0 Å². The number of aryl methyl sites for hydroxylation is 1. The third kappa shape index (κ3) is 2.98. The predicted octanol–water partition coefficient (Wildman–Crippen LogP) is 3.80. The molecule has 1 aromatic carbocycles. The van der Waals surface area contributed by atoms with E-state index in [2.05, 4.69) is 42.5 Å². The van der Waals surface area contributed by atoms with Gasteiger partial charge in [0.1, 0.15) is 0 Å². The molecule has 1 fully saturated rings. The molecule has 2 amide bonds. The van der Waals surface area contributed by atoms with Gasteiger partial charge >= 0.3 is 6.03 Å². The maximum atomic E-state index is 11.6. The van der Waals surface area contributed by atoms with E-state index < -0.39 is 0 Å². The average Bonchev–Trinajstić information content (AvgIpc) is 2.95. The van der Waals surface area contributed by atoms with Crippen LogP contribution in [0.5, 0.6) is 0 Å². The van der Waals surface area contributed by atoms with Gasteiger partial charge in [0.15, 0.2) is 0 Å². The molecule has 0 saturated heterocycles. The Morgan fingerprint density at radius 2 is 1.88 bits per heavy atom. The van der Waals surface area contributed by atoms with Gasteiger partial charge in [-0.15, -0.1) is 0 Å². The largest absolute Gasteiger partial charge is 0.335 e. The van der Waals surface area contributed by atoms with Crippen LogP contribution in [0.15, 0.2) is 21.1 Å². The maximum absolute atomic E-state index is 11.6. The first kappa shape index (κ1) is 11.9. The van der Waals surface area contributed by atoms with Crippen molar-refractivity contribution in [3.8, 4) is 0 Å². The fourth-order valence-corrected chi connectivity index (χ4v) is 3.00. The van der Waals surface area contributed by atoms with Gasteiger partial charge in [0.2, 0.25) is 0 Å². The van der Waals surface area contributed by atoms with Crippen molar-refractivity contribution in [3.63, 3.8) is 0 Å². The van der Waals surface area contributed by atoms with Crippen LogP contribution < -0.4 is 10.6 Å². The van der Waals surface area contributed by atoms with E-state index in [1.807, 2.05) is 19.1 Å². The summed E-state index contributed by atoms with van der Waals surface area (Å²) in [6.45, 7) is 2.00. The Hall–Kier alpha value is -0.550. The number of amides is 2. The molecule has 0 heterocycles. The van der Waals surface area contributed by atoms with Crippen LogP contribution >= 0.6 is 31.9 Å². The summed E-state index contributed by atoms with van der Waals surface area (Å²) in [6, 6.07) is 4.16. The van der Waals surface area contributed by atoms with Crippen LogP contribution in [-0.2, 0) is 0 Å². The SMILES string of the molecule is Cc1cc(Br)c(NC(=O)NC2CC2)c(Br)c1. The molecular formula is C11H12Br2N2O. The minimum Gasteiger partial charge on any atom is -0.335 e. The zero-order chi connectivity index (χ0) is 11.7. The highest BCUT2D eigenvalue weighted by Crippen LogP contribution is 2.32. The lowest BCUT2D eigenvalue weighted by molar-refractivity contribution is 0.251. The molecule has 5 heteroatoms. The van der Waals surface area contributed by atoms with Crippen LogP contribution in [0.1, 0.15) is 18.4 Å². The molecular weight excluding hydrogens is 336 g/mol. The number of carbonyl (C=O) groups excluding carboxylic acids is 1. The highest BCUT2D eigenvalue weighted by molar-refractivity contribution is 9.11. The van der Waals surface area contributed by atoms with Crippen molar-refractivity contribution in [2.24, 2.45) is 0 Å². The first-order valence-electron chi connectivity index (χ1n) is 5.09. The molecule has 1 aromatic rings. The summed E-state index contributed by atoms with van der Waals surface area (Å²) in [4.78, 5) is 11.6. The Labute approximate surface area is 111 Å². The van der Waals surface area contributed by atoms with E-state index in [1.54, 1.807) is 0 Å². The number of benzene rings is 1. The summed E-state index contributed by atoms with van der Waals surface area (Å²) >= 11 is 6.87. The van der Waals surface area contributed by atoms with Gasteiger partial charge < -0.3 is 10.6 Å². The van der Waals surface area contributed by atoms with E-state index in [-0.39, 0.29) is 6.03 Å². The molecule has 0 atom stereocenters. The van der Waals surface area contributed by atoms with Gasteiger partial charge in [-0.05, 0) is 69.3 Å². The molecule has 86 valence electrons. The second-order valence-electron chi connectivity index (χ2n) is 3.98. The number of rotatable bonds is 2. The molecule has 1 saturated carbocycles. The van der Waals surface area contributed by atoms with E-state index in [0.29, 0.717) is 6.04 Å². The smallest absolute Gasteiger partial charge is 0.319 e. The molecule has 3 nitrogen and oxygen atoms in total. The molecule has 2 rings (SSSR count). The summed E-state index contributed by atoms with van der Waals surface area (Å²) in [5, 5.41) is 5.71. The third-order valence-corrected chi connectivity index (χ3v) is 3.59. The Morgan fingerprint density at radius 1 is 1.31 bits per heavy atom. The lowest BCUT2D eigenvalue weighted by Crippen LogP contribution is -2.30. The maximum Gasteiger partial charge on any atom is 0.319 e. The number of halogens is 2. The van der Waals surface area contributed by atoms with Gasteiger partial charge in [-0.25, -0.2) is 4.79 Å². The number of hydrogen-bond donors (Lipinski definition) is 2. The minimum absolute atomic E-state index is 0.146. The second-order valence-corrected chi connectivity index (χ2v) is 5.68. The number of nitrogens with one attached hydrogen (secondary N) is 2. The minimum atomic E-state index is -0.146. The summed E-state index contributed by atoms with van der Waals surface area (Å²) in [7, 11) is 0. The van der Waals surface area contributed by atoms with Gasteiger partial charge in [0, 0.05) is 15.0 Å². The Morgan fingerprint density at radius 3 is 2.38 bits per heavy atom. The van der Waals surface area contributed by atoms with Crippen molar-refractivity contribution in [2.45, 2.75) is 25.8 Å². The van der Waals surface area contributed by atoms with Crippen LogP contribution in [-0.4, -0.2) is 12.1 Å². The van der Waals surface area contributed by atoms with Crippen LogP contribution in [0.25, 0.3) is 0 Å². The van der Waals surface area contributed by atoms with E-state index in [4.69, 9.17) is 0 Å². The molecule has 0 bridgehead atoms. The third-order valence-electron chi connectivity index (χ3n) is 2.34. The number of carbonyl (C=O) groups is 1. The van der Waals surface area contributed by atoms with Gasteiger partial charge in [0.25, 0.3) is 0 Å². The quantitative estimate of drug-likeness (QED) is 0.839. The molecule has 1 aliphatic rings. The molecule has 0 unspecified atom stereocenters. The van der Waals surface area contributed by atoms with Crippen LogP contribution in [0.4, 0.5) is 10.5 Å². The standard InChI is InChI=1S/C11H12Br2N2O/c1-6-4-8(12)10(9(13)5-6)15-11(16)14-7-2-3-7/h4-5,7H,2-3H2,1H3,(H2,14,15,16). The Bertz CT molecular complexity index is 407. The van der Waals surface area contributed by atoms with E-state index in [9.17, 15) is 4.79 Å². The van der Waals surface area contributed by atoms with Crippen LogP contribution in [0, 0.1) is 6.92 Å². The zero-order valence-corrected chi connectivity index (χ0v) is 12.0. The van der Waals surface area contributed by atoms with Crippen molar-refractivity contribution in [1.29, 1.82) is 0 Å². The van der Waals surface area contributed by atoms with Crippen molar-refractivity contribution in [3.05, 3.63) is 26.6 Å². The summed E-state index contributed by atoms with van der Waals surface area (Å²) < 4.78 is 1.76. The van der Waals surface area contributed by atoms with Crippen LogP contribution in [0.3, 0.4) is 0 Å². The molecule has 0 aliphatic heterocycles. The fraction of sp³-hybridized carbons (Fsp3) is 0.364. The first-order valence-corrected chi connectivity index (χ1v) is 6.68. The van der Waals surface area contributed by atoms with Crippen molar-refractivity contribution >= 4 is 43.6 Å². The van der Waals surface area contributed by atoms with Gasteiger partial charge in [0.05, 0.1) is 5.69 Å². The zero-order valence-electron chi connectivity index (χ0n) is 8.81. The van der Waals surface area contributed by atoms with Crippen molar-refractivity contribution < 1.29 is 4.79 Å².